The van der Waals surface area contributed by atoms with E-state index in [9.17, 15) is 0 Å². The highest BCUT2D eigenvalue weighted by Crippen LogP contribution is 2.22. The van der Waals surface area contributed by atoms with Crippen molar-refractivity contribution in [2.45, 2.75) is 13.8 Å². The molecule has 0 bridgehead atoms. The summed E-state index contributed by atoms with van der Waals surface area (Å²) in [5.41, 5.74) is 8.66. The molecule has 0 heterocycles. The standard InChI is InChI=1S/C8H14N2/c1-6-4-5-8(7(6)2)10-9-3/h4-5,7,9-10H,1-3H3/t7-/m1/s1. The molecule has 0 aromatic heterocycles. The van der Waals surface area contributed by atoms with E-state index in [2.05, 4.69) is 36.9 Å². The van der Waals surface area contributed by atoms with Gasteiger partial charge in [-0.3, -0.25) is 0 Å². The lowest BCUT2D eigenvalue weighted by Crippen LogP contribution is -2.28. The van der Waals surface area contributed by atoms with Gasteiger partial charge < -0.3 is 5.43 Å². The molecular formula is C8H14N2. The molecule has 0 spiro atoms. The van der Waals surface area contributed by atoms with E-state index in [0.717, 1.165) is 0 Å². The molecule has 10 heavy (non-hydrogen) atoms. The molecule has 0 fully saturated rings. The number of allylic oxidation sites excluding steroid dienone is 3. The minimum Gasteiger partial charge on any atom is -0.325 e. The lowest BCUT2D eigenvalue weighted by molar-refractivity contribution is 0.617. The smallest absolute Gasteiger partial charge is 0.0330 e. The van der Waals surface area contributed by atoms with E-state index in [4.69, 9.17) is 0 Å². The van der Waals surface area contributed by atoms with Crippen molar-refractivity contribution < 1.29 is 0 Å². The highest BCUT2D eigenvalue weighted by Gasteiger charge is 2.13. The Balaban J connectivity index is 2.53. The molecule has 0 unspecified atom stereocenters. The SMILES string of the molecule is CNNC1=CC=C(C)[C@H]1C. The van der Waals surface area contributed by atoms with E-state index >= 15 is 0 Å². The van der Waals surface area contributed by atoms with Gasteiger partial charge in [-0.2, -0.15) is 0 Å². The van der Waals surface area contributed by atoms with Gasteiger partial charge in [-0.1, -0.05) is 18.6 Å². The zero-order valence-corrected chi connectivity index (χ0v) is 6.73. The van der Waals surface area contributed by atoms with Crippen molar-refractivity contribution in [3.8, 4) is 0 Å². The Labute approximate surface area is 62.0 Å². The normalized spacial score (nSPS) is 24.1. The summed E-state index contributed by atoms with van der Waals surface area (Å²) >= 11 is 0. The van der Waals surface area contributed by atoms with E-state index in [1.165, 1.54) is 11.3 Å². The highest BCUT2D eigenvalue weighted by atomic mass is 15.3. The van der Waals surface area contributed by atoms with E-state index < -0.39 is 0 Å². The zero-order chi connectivity index (χ0) is 7.56. The zero-order valence-electron chi connectivity index (χ0n) is 6.73. The monoisotopic (exact) mass is 138 g/mol. The Kier molecular flexibility index (Phi) is 2.12. The topological polar surface area (TPSA) is 24.1 Å². The first kappa shape index (κ1) is 7.35. The summed E-state index contributed by atoms with van der Waals surface area (Å²) in [7, 11) is 1.88. The molecule has 1 atom stereocenters. The van der Waals surface area contributed by atoms with Crippen LogP contribution in [0.15, 0.2) is 23.4 Å². The van der Waals surface area contributed by atoms with E-state index in [0.29, 0.717) is 5.92 Å². The molecule has 0 aromatic carbocycles. The molecule has 0 aliphatic heterocycles. The van der Waals surface area contributed by atoms with Gasteiger partial charge >= 0.3 is 0 Å². The van der Waals surface area contributed by atoms with Gasteiger partial charge in [0, 0.05) is 18.7 Å². The Bertz CT molecular complexity index is 180. The van der Waals surface area contributed by atoms with Crippen LogP contribution >= 0.6 is 0 Å². The largest absolute Gasteiger partial charge is 0.325 e. The second kappa shape index (κ2) is 2.88. The maximum atomic E-state index is 3.08. The van der Waals surface area contributed by atoms with Crippen LogP contribution in [0.3, 0.4) is 0 Å². The fourth-order valence-electron chi connectivity index (χ4n) is 1.05. The van der Waals surface area contributed by atoms with Crippen LogP contribution in [0.1, 0.15) is 13.8 Å². The summed E-state index contributed by atoms with van der Waals surface area (Å²) in [4.78, 5) is 0. The molecule has 1 rings (SSSR count). The van der Waals surface area contributed by atoms with Crippen LogP contribution in [-0.4, -0.2) is 7.05 Å². The Hall–Kier alpha value is -0.760. The Morgan fingerprint density at radius 3 is 2.50 bits per heavy atom. The van der Waals surface area contributed by atoms with Crippen molar-refractivity contribution in [1.29, 1.82) is 0 Å². The van der Waals surface area contributed by atoms with E-state index in [-0.39, 0.29) is 0 Å². The molecule has 2 N–H and O–H groups in total. The molecule has 2 nitrogen and oxygen atoms in total. The second-order valence-corrected chi connectivity index (χ2v) is 2.63. The summed E-state index contributed by atoms with van der Waals surface area (Å²) in [6.45, 7) is 4.33. The average molecular weight is 138 g/mol. The fraction of sp³-hybridized carbons (Fsp3) is 0.500. The van der Waals surface area contributed by atoms with E-state index in [1.54, 1.807) is 0 Å². The summed E-state index contributed by atoms with van der Waals surface area (Å²) in [5.74, 6) is 0.549. The first-order valence-corrected chi connectivity index (χ1v) is 3.57. The van der Waals surface area contributed by atoms with Gasteiger partial charge in [0.05, 0.1) is 0 Å². The molecule has 0 saturated carbocycles. The van der Waals surface area contributed by atoms with Crippen molar-refractivity contribution in [3.63, 3.8) is 0 Å². The quantitative estimate of drug-likeness (QED) is 0.560. The molecule has 1 aliphatic carbocycles. The van der Waals surface area contributed by atoms with Crippen LogP contribution in [-0.2, 0) is 0 Å². The minimum atomic E-state index is 0.549. The molecule has 56 valence electrons. The summed E-state index contributed by atoms with van der Waals surface area (Å²) < 4.78 is 0. The third-order valence-electron chi connectivity index (χ3n) is 1.94. The van der Waals surface area contributed by atoms with Gasteiger partial charge in [0.1, 0.15) is 0 Å². The van der Waals surface area contributed by atoms with Gasteiger partial charge in [-0.15, -0.1) is 0 Å². The van der Waals surface area contributed by atoms with Crippen molar-refractivity contribution in [2.24, 2.45) is 5.92 Å². The Morgan fingerprint density at radius 1 is 1.40 bits per heavy atom. The third-order valence-corrected chi connectivity index (χ3v) is 1.94. The molecule has 0 amide bonds. The van der Waals surface area contributed by atoms with Gasteiger partial charge in [0.2, 0.25) is 0 Å². The lowest BCUT2D eigenvalue weighted by atomic mass is 10.1. The maximum absolute atomic E-state index is 3.08. The van der Waals surface area contributed by atoms with Crippen molar-refractivity contribution in [2.75, 3.05) is 7.05 Å². The first-order valence-electron chi connectivity index (χ1n) is 3.57. The van der Waals surface area contributed by atoms with Crippen molar-refractivity contribution in [1.82, 2.24) is 10.9 Å². The molecule has 1 aliphatic rings. The number of hydrogen-bond donors (Lipinski definition) is 2. The molecule has 0 saturated heterocycles. The molecule has 2 heteroatoms. The molecule has 0 aromatic rings. The van der Waals surface area contributed by atoms with Crippen molar-refractivity contribution >= 4 is 0 Å². The predicted octanol–water partition coefficient (Wildman–Crippen LogP) is 1.19. The molecular weight excluding hydrogens is 124 g/mol. The van der Waals surface area contributed by atoms with Crippen LogP contribution in [0.25, 0.3) is 0 Å². The molecule has 0 radical (unpaired) electrons. The number of hydrazine groups is 1. The van der Waals surface area contributed by atoms with Gasteiger partial charge in [0.15, 0.2) is 0 Å². The van der Waals surface area contributed by atoms with Gasteiger partial charge in [0.25, 0.3) is 0 Å². The summed E-state index contributed by atoms with van der Waals surface area (Å²) in [6, 6.07) is 0. The second-order valence-electron chi connectivity index (χ2n) is 2.63. The third kappa shape index (κ3) is 1.21. The first-order chi connectivity index (χ1) is 4.75. The Morgan fingerprint density at radius 2 is 2.10 bits per heavy atom. The van der Waals surface area contributed by atoms with Gasteiger partial charge in [-0.05, 0) is 13.0 Å². The maximum Gasteiger partial charge on any atom is 0.0330 e. The van der Waals surface area contributed by atoms with Crippen LogP contribution in [0.5, 0.6) is 0 Å². The number of nitrogens with one attached hydrogen (secondary N) is 2. The van der Waals surface area contributed by atoms with Crippen LogP contribution in [0.2, 0.25) is 0 Å². The van der Waals surface area contributed by atoms with Crippen LogP contribution < -0.4 is 10.9 Å². The summed E-state index contributed by atoms with van der Waals surface area (Å²) in [5, 5.41) is 0. The predicted molar refractivity (Wildman–Crippen MR) is 43.2 cm³/mol. The average Bonchev–Trinajstić information content (AvgIpc) is 2.20. The van der Waals surface area contributed by atoms with E-state index in [1.807, 2.05) is 7.05 Å². The fourth-order valence-corrected chi connectivity index (χ4v) is 1.05. The lowest BCUT2D eigenvalue weighted by Gasteiger charge is -2.12. The highest BCUT2D eigenvalue weighted by molar-refractivity contribution is 5.31. The van der Waals surface area contributed by atoms with Crippen LogP contribution in [0, 0.1) is 5.92 Å². The summed E-state index contributed by atoms with van der Waals surface area (Å²) in [6.07, 6.45) is 4.25. The minimum absolute atomic E-state index is 0.549. The number of hydrogen-bond acceptors (Lipinski definition) is 2. The van der Waals surface area contributed by atoms with Crippen molar-refractivity contribution in [3.05, 3.63) is 23.4 Å². The van der Waals surface area contributed by atoms with Crippen LogP contribution in [0.4, 0.5) is 0 Å². The van der Waals surface area contributed by atoms with Gasteiger partial charge in [-0.25, -0.2) is 5.43 Å². The number of rotatable bonds is 2.